The predicted molar refractivity (Wildman–Crippen MR) is 71.6 cm³/mol. The largest absolute Gasteiger partial charge is 0.477 e. The van der Waals surface area contributed by atoms with Gasteiger partial charge in [0.25, 0.3) is 0 Å². The summed E-state index contributed by atoms with van der Waals surface area (Å²) in [5, 5.41) is 17.8. The first-order valence-corrected chi connectivity index (χ1v) is 6.81. The highest BCUT2D eigenvalue weighted by atomic mass is 16.5. The Kier molecular flexibility index (Phi) is 3.08. The molecule has 2 heterocycles. The molecule has 3 rings (SSSR count). The molecule has 1 saturated carbocycles. The van der Waals surface area contributed by atoms with E-state index in [-0.39, 0.29) is 11.5 Å². The highest BCUT2D eigenvalue weighted by Crippen LogP contribution is 2.39. The molecule has 0 spiro atoms. The minimum Gasteiger partial charge on any atom is -0.477 e. The van der Waals surface area contributed by atoms with Gasteiger partial charge in [-0.1, -0.05) is 18.0 Å². The molecule has 0 saturated heterocycles. The third-order valence-electron chi connectivity index (χ3n) is 3.93. The minimum absolute atomic E-state index is 0.180. The number of hydrogen-bond acceptors (Lipinski definition) is 4. The molecule has 0 radical (unpaired) electrons. The van der Waals surface area contributed by atoms with Crippen LogP contribution in [0.3, 0.4) is 0 Å². The highest BCUT2D eigenvalue weighted by molar-refractivity contribution is 5.96. The fraction of sp³-hybridized carbons (Fsp3) is 0.500. The Balaban J connectivity index is 2.12. The van der Waals surface area contributed by atoms with Crippen LogP contribution in [0.5, 0.6) is 0 Å². The number of carbonyl (C=O) groups is 1. The molecule has 0 aromatic carbocycles. The molecule has 20 heavy (non-hydrogen) atoms. The Morgan fingerprint density at radius 2 is 2.15 bits per heavy atom. The smallest absolute Gasteiger partial charge is 0.341 e. The van der Waals surface area contributed by atoms with Gasteiger partial charge in [-0.25, -0.2) is 4.79 Å². The van der Waals surface area contributed by atoms with Crippen LogP contribution in [0.2, 0.25) is 0 Å². The Hall–Kier alpha value is -2.11. The summed E-state index contributed by atoms with van der Waals surface area (Å²) >= 11 is 0. The van der Waals surface area contributed by atoms with Crippen molar-refractivity contribution < 1.29 is 14.4 Å². The summed E-state index contributed by atoms with van der Waals surface area (Å²) in [6.45, 7) is 1.84. The van der Waals surface area contributed by atoms with E-state index in [0.717, 1.165) is 36.9 Å². The van der Waals surface area contributed by atoms with E-state index >= 15 is 0 Å². The molecular weight excluding hydrogens is 258 g/mol. The number of carboxylic acids is 1. The average molecular weight is 275 g/mol. The highest BCUT2D eigenvalue weighted by Gasteiger charge is 2.31. The standard InChI is InChI=1S/C14H17N3O3/c1-8-10(7-17(2)15-8)12-11(14(18)19)13(20-16-12)9-5-3-4-6-9/h7,9H,3-6H2,1-2H3,(H,18,19). The van der Waals surface area contributed by atoms with Crippen molar-refractivity contribution in [2.45, 2.75) is 38.5 Å². The Bertz CT molecular complexity index is 651. The molecule has 0 atom stereocenters. The van der Waals surface area contributed by atoms with Gasteiger partial charge in [0, 0.05) is 24.7 Å². The van der Waals surface area contributed by atoms with E-state index in [4.69, 9.17) is 4.52 Å². The first-order valence-electron chi connectivity index (χ1n) is 6.81. The summed E-state index contributed by atoms with van der Waals surface area (Å²) in [6, 6.07) is 0. The van der Waals surface area contributed by atoms with Crippen molar-refractivity contribution >= 4 is 5.97 Å². The summed E-state index contributed by atoms with van der Waals surface area (Å²) in [5.74, 6) is -0.279. The number of rotatable bonds is 3. The molecule has 0 amide bonds. The third kappa shape index (κ3) is 2.01. The summed E-state index contributed by atoms with van der Waals surface area (Å²) in [4.78, 5) is 11.6. The van der Waals surface area contributed by atoms with Gasteiger partial charge < -0.3 is 9.63 Å². The van der Waals surface area contributed by atoms with Crippen LogP contribution in [0.4, 0.5) is 0 Å². The number of hydrogen-bond donors (Lipinski definition) is 1. The number of aromatic carboxylic acids is 1. The molecule has 2 aromatic heterocycles. The number of aromatic nitrogens is 3. The summed E-state index contributed by atoms with van der Waals surface area (Å²) in [5.41, 5.74) is 2.07. The molecule has 6 heteroatoms. The second-order valence-corrected chi connectivity index (χ2v) is 5.36. The Labute approximate surface area is 116 Å². The fourth-order valence-electron chi connectivity index (χ4n) is 2.99. The van der Waals surface area contributed by atoms with Crippen LogP contribution in [-0.2, 0) is 7.05 Å². The van der Waals surface area contributed by atoms with Crippen molar-refractivity contribution in [3.63, 3.8) is 0 Å². The Morgan fingerprint density at radius 1 is 1.45 bits per heavy atom. The van der Waals surface area contributed by atoms with Crippen LogP contribution in [0, 0.1) is 6.92 Å². The van der Waals surface area contributed by atoms with E-state index in [1.165, 1.54) is 0 Å². The monoisotopic (exact) mass is 275 g/mol. The van der Waals surface area contributed by atoms with E-state index in [9.17, 15) is 9.90 Å². The van der Waals surface area contributed by atoms with Crippen LogP contribution in [0.1, 0.15) is 53.4 Å². The van der Waals surface area contributed by atoms with Crippen LogP contribution >= 0.6 is 0 Å². The fourth-order valence-corrected chi connectivity index (χ4v) is 2.99. The maximum atomic E-state index is 11.6. The van der Waals surface area contributed by atoms with Crippen LogP contribution in [-0.4, -0.2) is 26.0 Å². The molecule has 1 aliphatic rings. The number of aryl methyl sites for hydroxylation is 2. The third-order valence-corrected chi connectivity index (χ3v) is 3.93. The van der Waals surface area contributed by atoms with Gasteiger partial charge >= 0.3 is 5.97 Å². The quantitative estimate of drug-likeness (QED) is 0.931. The molecule has 0 unspecified atom stereocenters. The lowest BCUT2D eigenvalue weighted by molar-refractivity contribution is 0.0694. The van der Waals surface area contributed by atoms with Gasteiger partial charge in [-0.3, -0.25) is 4.68 Å². The lowest BCUT2D eigenvalue weighted by atomic mass is 9.98. The number of carboxylic acid groups (broad SMARTS) is 1. The zero-order valence-electron chi connectivity index (χ0n) is 11.6. The van der Waals surface area contributed by atoms with Crippen molar-refractivity contribution in [2.75, 3.05) is 0 Å². The minimum atomic E-state index is -0.980. The average Bonchev–Trinajstić information content (AvgIpc) is 3.07. The predicted octanol–water partition coefficient (Wildman–Crippen LogP) is 2.74. The molecule has 0 bridgehead atoms. The van der Waals surface area contributed by atoms with Crippen molar-refractivity contribution in [3.05, 3.63) is 23.2 Å². The van der Waals surface area contributed by atoms with E-state index in [1.54, 1.807) is 17.9 Å². The zero-order chi connectivity index (χ0) is 14.3. The first kappa shape index (κ1) is 12.9. The van der Waals surface area contributed by atoms with Crippen molar-refractivity contribution in [1.82, 2.24) is 14.9 Å². The number of nitrogens with zero attached hydrogens (tertiary/aromatic N) is 3. The summed E-state index contributed by atoms with van der Waals surface area (Å²) in [6.07, 6.45) is 5.96. The second kappa shape index (κ2) is 4.77. The van der Waals surface area contributed by atoms with Gasteiger partial charge in [0.1, 0.15) is 11.3 Å². The SMILES string of the molecule is Cc1nn(C)cc1-c1noc(C2CCCC2)c1C(=O)O. The van der Waals surface area contributed by atoms with E-state index in [1.807, 2.05) is 6.92 Å². The topological polar surface area (TPSA) is 81.2 Å². The lowest BCUT2D eigenvalue weighted by Gasteiger charge is -2.05. The molecule has 2 aromatic rings. The molecule has 1 N–H and O–H groups in total. The Morgan fingerprint density at radius 3 is 2.70 bits per heavy atom. The van der Waals surface area contributed by atoms with Gasteiger partial charge in [0.2, 0.25) is 0 Å². The van der Waals surface area contributed by atoms with E-state index in [2.05, 4.69) is 10.3 Å². The van der Waals surface area contributed by atoms with Gasteiger partial charge in [-0.15, -0.1) is 0 Å². The zero-order valence-corrected chi connectivity index (χ0v) is 11.6. The maximum absolute atomic E-state index is 11.6. The molecule has 106 valence electrons. The van der Waals surface area contributed by atoms with E-state index < -0.39 is 5.97 Å². The lowest BCUT2D eigenvalue weighted by Crippen LogP contribution is -2.04. The normalized spacial score (nSPS) is 15.9. The van der Waals surface area contributed by atoms with Crippen LogP contribution < -0.4 is 0 Å². The van der Waals surface area contributed by atoms with Crippen LogP contribution in [0.15, 0.2) is 10.7 Å². The van der Waals surface area contributed by atoms with Crippen LogP contribution in [0.25, 0.3) is 11.3 Å². The first-order chi connectivity index (χ1) is 9.58. The maximum Gasteiger partial charge on any atom is 0.341 e. The van der Waals surface area contributed by atoms with Gasteiger partial charge in [-0.2, -0.15) is 5.10 Å². The molecule has 6 nitrogen and oxygen atoms in total. The van der Waals surface area contributed by atoms with E-state index in [0.29, 0.717) is 11.5 Å². The summed E-state index contributed by atoms with van der Waals surface area (Å²) < 4.78 is 7.04. The van der Waals surface area contributed by atoms with Gasteiger partial charge in [0.05, 0.1) is 5.69 Å². The van der Waals surface area contributed by atoms with Gasteiger partial charge in [-0.05, 0) is 19.8 Å². The molecular formula is C14H17N3O3. The molecule has 1 fully saturated rings. The second-order valence-electron chi connectivity index (χ2n) is 5.36. The summed E-state index contributed by atoms with van der Waals surface area (Å²) in [7, 11) is 1.80. The van der Waals surface area contributed by atoms with Crippen molar-refractivity contribution in [1.29, 1.82) is 0 Å². The van der Waals surface area contributed by atoms with Gasteiger partial charge in [0.15, 0.2) is 5.76 Å². The van der Waals surface area contributed by atoms with Crippen molar-refractivity contribution in [2.24, 2.45) is 7.05 Å². The van der Waals surface area contributed by atoms with Crippen molar-refractivity contribution in [3.8, 4) is 11.3 Å². The molecule has 0 aliphatic heterocycles. The molecule has 1 aliphatic carbocycles.